The molecule has 0 aromatic heterocycles. The first kappa shape index (κ1) is 16.0. The van der Waals surface area contributed by atoms with Gasteiger partial charge in [-0.1, -0.05) is 30.5 Å². The van der Waals surface area contributed by atoms with E-state index in [4.69, 9.17) is 10.8 Å². The molecule has 0 spiro atoms. The predicted octanol–water partition coefficient (Wildman–Crippen LogP) is 2.70. The second-order valence-corrected chi connectivity index (χ2v) is 5.10. The predicted molar refractivity (Wildman–Crippen MR) is 82.6 cm³/mol. The van der Waals surface area contributed by atoms with Crippen molar-refractivity contribution in [2.45, 2.75) is 39.0 Å². The smallest absolute Gasteiger partial charge is 0.0431 e. The minimum atomic E-state index is 0.314. The molecule has 108 valence electrons. The highest BCUT2D eigenvalue weighted by Crippen LogP contribution is 2.16. The molecular weight excluding hydrogens is 236 g/mol. The first-order chi connectivity index (χ1) is 9.27. The van der Waals surface area contributed by atoms with Gasteiger partial charge in [0.25, 0.3) is 0 Å². The van der Waals surface area contributed by atoms with Gasteiger partial charge in [0.05, 0.1) is 0 Å². The SMILES string of the molecule is Cc1ccc(N(CCCN)CCCCCCO)cc1. The molecule has 0 saturated carbocycles. The topological polar surface area (TPSA) is 49.5 Å². The van der Waals surface area contributed by atoms with Crippen LogP contribution in [0.3, 0.4) is 0 Å². The van der Waals surface area contributed by atoms with E-state index in [2.05, 4.69) is 36.1 Å². The molecule has 3 heteroatoms. The van der Waals surface area contributed by atoms with Gasteiger partial charge in [-0.3, -0.25) is 0 Å². The molecule has 0 aliphatic rings. The van der Waals surface area contributed by atoms with Crippen LogP contribution in [-0.4, -0.2) is 31.3 Å². The first-order valence-electron chi connectivity index (χ1n) is 7.40. The Kier molecular flexibility index (Phi) is 8.26. The molecule has 19 heavy (non-hydrogen) atoms. The zero-order valence-electron chi connectivity index (χ0n) is 12.1. The number of nitrogens with two attached hydrogens (primary N) is 1. The molecule has 1 rings (SSSR count). The van der Waals surface area contributed by atoms with Crippen molar-refractivity contribution in [3.63, 3.8) is 0 Å². The number of hydrogen-bond acceptors (Lipinski definition) is 3. The minimum Gasteiger partial charge on any atom is -0.396 e. The van der Waals surface area contributed by atoms with E-state index >= 15 is 0 Å². The van der Waals surface area contributed by atoms with Crippen molar-refractivity contribution in [3.05, 3.63) is 29.8 Å². The summed E-state index contributed by atoms with van der Waals surface area (Å²) in [6, 6.07) is 8.71. The molecule has 0 fully saturated rings. The van der Waals surface area contributed by atoms with Gasteiger partial charge in [-0.15, -0.1) is 0 Å². The number of nitrogens with zero attached hydrogens (tertiary/aromatic N) is 1. The lowest BCUT2D eigenvalue weighted by molar-refractivity contribution is 0.282. The number of benzene rings is 1. The summed E-state index contributed by atoms with van der Waals surface area (Å²) in [7, 11) is 0. The fourth-order valence-electron chi connectivity index (χ4n) is 2.18. The van der Waals surface area contributed by atoms with Crippen molar-refractivity contribution in [1.29, 1.82) is 0 Å². The van der Waals surface area contributed by atoms with Crippen molar-refractivity contribution in [1.82, 2.24) is 0 Å². The molecule has 0 radical (unpaired) electrons. The quantitative estimate of drug-likeness (QED) is 0.639. The molecule has 0 bridgehead atoms. The van der Waals surface area contributed by atoms with Crippen LogP contribution in [0, 0.1) is 6.92 Å². The van der Waals surface area contributed by atoms with Gasteiger partial charge in [-0.05, 0) is 44.9 Å². The largest absolute Gasteiger partial charge is 0.396 e. The highest BCUT2D eigenvalue weighted by molar-refractivity contribution is 5.47. The zero-order chi connectivity index (χ0) is 13.9. The fourth-order valence-corrected chi connectivity index (χ4v) is 2.18. The maximum absolute atomic E-state index is 8.77. The lowest BCUT2D eigenvalue weighted by Gasteiger charge is -2.25. The zero-order valence-corrected chi connectivity index (χ0v) is 12.1. The van der Waals surface area contributed by atoms with E-state index in [1.165, 1.54) is 24.1 Å². The van der Waals surface area contributed by atoms with E-state index in [0.29, 0.717) is 6.61 Å². The Morgan fingerprint density at radius 1 is 0.947 bits per heavy atom. The van der Waals surface area contributed by atoms with Gasteiger partial charge >= 0.3 is 0 Å². The van der Waals surface area contributed by atoms with Crippen LogP contribution in [-0.2, 0) is 0 Å². The van der Waals surface area contributed by atoms with E-state index in [0.717, 1.165) is 38.9 Å². The molecule has 0 aliphatic carbocycles. The molecule has 3 nitrogen and oxygen atoms in total. The summed E-state index contributed by atoms with van der Waals surface area (Å²) >= 11 is 0. The Morgan fingerprint density at radius 3 is 2.21 bits per heavy atom. The monoisotopic (exact) mass is 264 g/mol. The molecule has 0 saturated heterocycles. The average molecular weight is 264 g/mol. The van der Waals surface area contributed by atoms with Crippen LogP contribution < -0.4 is 10.6 Å². The lowest BCUT2D eigenvalue weighted by atomic mass is 10.1. The van der Waals surface area contributed by atoms with E-state index in [1.54, 1.807) is 0 Å². The van der Waals surface area contributed by atoms with Gasteiger partial charge in [0.15, 0.2) is 0 Å². The van der Waals surface area contributed by atoms with Gasteiger partial charge in [0.2, 0.25) is 0 Å². The van der Waals surface area contributed by atoms with Crippen LogP contribution in [0.25, 0.3) is 0 Å². The number of anilines is 1. The Balaban J connectivity index is 2.44. The second-order valence-electron chi connectivity index (χ2n) is 5.10. The van der Waals surface area contributed by atoms with Crippen molar-refractivity contribution in [2.75, 3.05) is 31.1 Å². The van der Waals surface area contributed by atoms with Crippen molar-refractivity contribution >= 4 is 5.69 Å². The summed E-state index contributed by atoms with van der Waals surface area (Å²) in [4.78, 5) is 2.42. The third-order valence-electron chi connectivity index (χ3n) is 3.37. The summed E-state index contributed by atoms with van der Waals surface area (Å²) in [6.07, 6.45) is 5.44. The summed E-state index contributed by atoms with van der Waals surface area (Å²) in [6.45, 7) is 5.28. The van der Waals surface area contributed by atoms with Gasteiger partial charge in [0.1, 0.15) is 0 Å². The lowest BCUT2D eigenvalue weighted by Crippen LogP contribution is -2.27. The van der Waals surface area contributed by atoms with E-state index in [1.807, 2.05) is 0 Å². The van der Waals surface area contributed by atoms with Crippen molar-refractivity contribution < 1.29 is 5.11 Å². The third kappa shape index (κ3) is 6.60. The number of aryl methyl sites for hydroxylation is 1. The molecule has 1 aromatic rings. The van der Waals surface area contributed by atoms with Gasteiger partial charge in [-0.25, -0.2) is 0 Å². The standard InChI is InChI=1S/C16H28N2O/c1-15-7-9-16(10-8-15)18(13-6-11-17)12-4-2-3-5-14-19/h7-10,19H,2-6,11-14,17H2,1H3. The van der Waals surface area contributed by atoms with Crippen molar-refractivity contribution in [2.24, 2.45) is 5.73 Å². The van der Waals surface area contributed by atoms with E-state index in [9.17, 15) is 0 Å². The number of unbranched alkanes of at least 4 members (excludes halogenated alkanes) is 3. The Labute approximate surface area is 117 Å². The summed E-state index contributed by atoms with van der Waals surface area (Å²) in [5.74, 6) is 0. The number of rotatable bonds is 10. The Bertz CT molecular complexity index is 324. The van der Waals surface area contributed by atoms with Crippen LogP contribution in [0.5, 0.6) is 0 Å². The maximum Gasteiger partial charge on any atom is 0.0431 e. The third-order valence-corrected chi connectivity index (χ3v) is 3.37. The van der Waals surface area contributed by atoms with Crippen LogP contribution in [0.1, 0.15) is 37.7 Å². The molecule has 0 heterocycles. The second kappa shape index (κ2) is 9.82. The van der Waals surface area contributed by atoms with Crippen molar-refractivity contribution in [3.8, 4) is 0 Å². The van der Waals surface area contributed by atoms with Gasteiger partial charge in [-0.2, -0.15) is 0 Å². The van der Waals surface area contributed by atoms with Gasteiger partial charge < -0.3 is 15.7 Å². The highest BCUT2D eigenvalue weighted by atomic mass is 16.2. The first-order valence-corrected chi connectivity index (χ1v) is 7.40. The average Bonchev–Trinajstić information content (AvgIpc) is 2.43. The number of aliphatic hydroxyl groups excluding tert-OH is 1. The molecule has 0 atom stereocenters. The number of hydrogen-bond donors (Lipinski definition) is 2. The fraction of sp³-hybridized carbons (Fsp3) is 0.625. The summed E-state index contributed by atoms with van der Waals surface area (Å²) in [5, 5.41) is 8.77. The summed E-state index contributed by atoms with van der Waals surface area (Å²) < 4.78 is 0. The van der Waals surface area contributed by atoms with E-state index in [-0.39, 0.29) is 0 Å². The molecule has 0 aliphatic heterocycles. The highest BCUT2D eigenvalue weighted by Gasteiger charge is 2.05. The van der Waals surface area contributed by atoms with Crippen LogP contribution >= 0.6 is 0 Å². The normalized spacial score (nSPS) is 10.7. The minimum absolute atomic E-state index is 0.314. The maximum atomic E-state index is 8.77. The Morgan fingerprint density at radius 2 is 1.58 bits per heavy atom. The Hall–Kier alpha value is -1.06. The molecule has 3 N–H and O–H groups in total. The van der Waals surface area contributed by atoms with Crippen LogP contribution in [0.4, 0.5) is 5.69 Å². The van der Waals surface area contributed by atoms with Crippen LogP contribution in [0.2, 0.25) is 0 Å². The van der Waals surface area contributed by atoms with Gasteiger partial charge in [0, 0.05) is 25.4 Å². The number of aliphatic hydroxyl groups is 1. The van der Waals surface area contributed by atoms with E-state index < -0.39 is 0 Å². The molecule has 0 unspecified atom stereocenters. The summed E-state index contributed by atoms with van der Waals surface area (Å²) in [5.41, 5.74) is 8.21. The molecule has 1 aromatic carbocycles. The molecule has 0 amide bonds. The molecular formula is C16H28N2O. The van der Waals surface area contributed by atoms with Crippen LogP contribution in [0.15, 0.2) is 24.3 Å².